The van der Waals surface area contributed by atoms with Gasteiger partial charge in [0.2, 0.25) is 5.82 Å². The number of alkyl halides is 3. The van der Waals surface area contributed by atoms with Crippen LogP contribution in [0.15, 0.2) is 6.07 Å². The Morgan fingerprint density at radius 1 is 1.35 bits per heavy atom. The normalized spacial score (nSPS) is 26.6. The summed E-state index contributed by atoms with van der Waals surface area (Å²) in [7, 11) is 1.51. The molecule has 20 heavy (non-hydrogen) atoms. The lowest BCUT2D eigenvalue weighted by Crippen LogP contribution is -2.41. The molecule has 0 spiro atoms. The molecule has 0 amide bonds. The Morgan fingerprint density at radius 3 is 2.50 bits per heavy atom. The fourth-order valence-electron chi connectivity index (χ4n) is 2.06. The molecule has 112 valence electrons. The van der Waals surface area contributed by atoms with Gasteiger partial charge in [0.1, 0.15) is 11.6 Å². The van der Waals surface area contributed by atoms with E-state index in [1.54, 1.807) is 0 Å². The largest absolute Gasteiger partial charge is 0.451 e. The molecular formula is C12H17F3N4O. The van der Waals surface area contributed by atoms with E-state index in [0.717, 1.165) is 0 Å². The zero-order valence-electron chi connectivity index (χ0n) is 11.5. The zero-order valence-corrected chi connectivity index (χ0v) is 11.5. The second-order valence-electron chi connectivity index (χ2n) is 5.02. The zero-order chi connectivity index (χ0) is 15.0. The Kier molecular flexibility index (Phi) is 3.77. The molecule has 2 N–H and O–H groups in total. The number of rotatable bonds is 3. The van der Waals surface area contributed by atoms with Gasteiger partial charge in [-0.1, -0.05) is 0 Å². The minimum atomic E-state index is -4.58. The summed E-state index contributed by atoms with van der Waals surface area (Å²) in [4.78, 5) is 6.97. The minimum Gasteiger partial charge on any atom is -0.376 e. The molecule has 0 bridgehead atoms. The fourth-order valence-corrected chi connectivity index (χ4v) is 2.06. The molecule has 1 saturated heterocycles. The maximum absolute atomic E-state index is 12.8. The molecule has 2 unspecified atom stereocenters. The van der Waals surface area contributed by atoms with Gasteiger partial charge in [0.25, 0.3) is 0 Å². The smallest absolute Gasteiger partial charge is 0.376 e. The van der Waals surface area contributed by atoms with E-state index in [2.05, 4.69) is 20.6 Å². The van der Waals surface area contributed by atoms with Gasteiger partial charge < -0.3 is 15.4 Å². The van der Waals surface area contributed by atoms with E-state index in [0.29, 0.717) is 13.0 Å². The average Bonchev–Trinajstić information content (AvgIpc) is 2.67. The van der Waals surface area contributed by atoms with Gasteiger partial charge in [-0.05, 0) is 20.3 Å². The van der Waals surface area contributed by atoms with E-state index in [-0.39, 0.29) is 17.7 Å². The first-order chi connectivity index (χ1) is 9.24. The minimum absolute atomic E-state index is 0.107. The number of hydrogen-bond donors (Lipinski definition) is 2. The Balaban J connectivity index is 2.32. The van der Waals surface area contributed by atoms with Crippen molar-refractivity contribution in [1.82, 2.24) is 9.97 Å². The van der Waals surface area contributed by atoms with Crippen molar-refractivity contribution in [2.75, 3.05) is 24.3 Å². The van der Waals surface area contributed by atoms with Crippen LogP contribution in [-0.2, 0) is 10.9 Å². The highest BCUT2D eigenvalue weighted by atomic mass is 19.4. The number of hydrogen-bond acceptors (Lipinski definition) is 5. The van der Waals surface area contributed by atoms with Crippen LogP contribution in [0.5, 0.6) is 0 Å². The van der Waals surface area contributed by atoms with Crippen LogP contribution in [-0.4, -0.2) is 35.3 Å². The maximum atomic E-state index is 12.8. The SMILES string of the molecule is CNc1cc(NC2(C)CCOC2C)nc(C(F)(F)F)n1. The van der Waals surface area contributed by atoms with Crippen LogP contribution < -0.4 is 10.6 Å². The summed E-state index contributed by atoms with van der Waals surface area (Å²) in [6.45, 7) is 4.35. The van der Waals surface area contributed by atoms with Crippen LogP contribution in [0.2, 0.25) is 0 Å². The molecule has 1 aliphatic rings. The number of aromatic nitrogens is 2. The van der Waals surface area contributed by atoms with Gasteiger partial charge in [-0.25, -0.2) is 9.97 Å². The second kappa shape index (κ2) is 5.08. The van der Waals surface area contributed by atoms with E-state index < -0.39 is 17.5 Å². The summed E-state index contributed by atoms with van der Waals surface area (Å²) in [6.07, 6.45) is -3.99. The summed E-state index contributed by atoms with van der Waals surface area (Å²) in [5.74, 6) is -0.913. The van der Waals surface area contributed by atoms with E-state index in [4.69, 9.17) is 4.74 Å². The molecule has 0 radical (unpaired) electrons. The first-order valence-corrected chi connectivity index (χ1v) is 6.28. The van der Waals surface area contributed by atoms with Gasteiger partial charge >= 0.3 is 6.18 Å². The monoisotopic (exact) mass is 290 g/mol. The standard InChI is InChI=1S/C12H17F3N4O/c1-7-11(2,4-5-20-7)19-9-6-8(16-3)17-10(18-9)12(13,14)15/h6-7H,4-5H2,1-3H3,(H2,16,17,18,19). The van der Waals surface area contributed by atoms with Gasteiger partial charge in [0.05, 0.1) is 11.6 Å². The Bertz CT molecular complexity index is 494. The molecule has 2 atom stereocenters. The Hall–Kier alpha value is -1.57. The summed E-state index contributed by atoms with van der Waals surface area (Å²) >= 11 is 0. The van der Waals surface area contributed by atoms with Gasteiger partial charge in [-0.3, -0.25) is 0 Å². The highest BCUT2D eigenvalue weighted by Gasteiger charge is 2.39. The molecule has 1 aliphatic heterocycles. The predicted molar refractivity (Wildman–Crippen MR) is 68.6 cm³/mol. The van der Waals surface area contributed by atoms with Gasteiger partial charge in [0, 0.05) is 19.7 Å². The Morgan fingerprint density at radius 2 is 2.00 bits per heavy atom. The fraction of sp³-hybridized carbons (Fsp3) is 0.667. The van der Waals surface area contributed by atoms with Crippen molar-refractivity contribution in [3.63, 3.8) is 0 Å². The molecule has 0 aliphatic carbocycles. The van der Waals surface area contributed by atoms with Crippen LogP contribution in [0.3, 0.4) is 0 Å². The van der Waals surface area contributed by atoms with Crippen LogP contribution in [0.1, 0.15) is 26.1 Å². The number of nitrogens with one attached hydrogen (secondary N) is 2. The average molecular weight is 290 g/mol. The first-order valence-electron chi connectivity index (χ1n) is 6.28. The quantitative estimate of drug-likeness (QED) is 0.895. The second-order valence-corrected chi connectivity index (χ2v) is 5.02. The van der Waals surface area contributed by atoms with E-state index in [1.807, 2.05) is 13.8 Å². The van der Waals surface area contributed by atoms with Crippen molar-refractivity contribution in [3.8, 4) is 0 Å². The number of anilines is 2. The van der Waals surface area contributed by atoms with Crippen molar-refractivity contribution >= 4 is 11.6 Å². The third-order valence-corrected chi connectivity index (χ3v) is 3.54. The van der Waals surface area contributed by atoms with Gasteiger partial charge in [-0.2, -0.15) is 13.2 Å². The molecule has 1 aromatic rings. The molecule has 1 fully saturated rings. The molecule has 2 heterocycles. The van der Waals surface area contributed by atoms with Crippen molar-refractivity contribution < 1.29 is 17.9 Å². The summed E-state index contributed by atoms with van der Waals surface area (Å²) in [5, 5.41) is 5.64. The Labute approximate surface area is 114 Å². The van der Waals surface area contributed by atoms with Crippen molar-refractivity contribution in [2.45, 2.75) is 38.1 Å². The third-order valence-electron chi connectivity index (χ3n) is 3.54. The number of nitrogens with zero attached hydrogens (tertiary/aromatic N) is 2. The molecule has 0 aromatic carbocycles. The summed E-state index contributed by atoms with van der Waals surface area (Å²) < 4.78 is 43.7. The van der Waals surface area contributed by atoms with Crippen LogP contribution >= 0.6 is 0 Å². The lowest BCUT2D eigenvalue weighted by atomic mass is 9.95. The summed E-state index contributed by atoms with van der Waals surface area (Å²) in [5.41, 5.74) is -0.442. The number of ether oxygens (including phenoxy) is 1. The molecule has 8 heteroatoms. The molecule has 0 saturated carbocycles. The predicted octanol–water partition coefficient (Wildman–Crippen LogP) is 2.52. The van der Waals surface area contributed by atoms with Crippen molar-refractivity contribution in [2.24, 2.45) is 0 Å². The van der Waals surface area contributed by atoms with Crippen LogP contribution in [0.25, 0.3) is 0 Å². The van der Waals surface area contributed by atoms with E-state index in [1.165, 1.54) is 13.1 Å². The first kappa shape index (κ1) is 14.8. The van der Waals surface area contributed by atoms with Crippen molar-refractivity contribution in [3.05, 3.63) is 11.9 Å². The molecular weight excluding hydrogens is 273 g/mol. The van der Waals surface area contributed by atoms with Gasteiger partial charge in [0.15, 0.2) is 0 Å². The summed E-state index contributed by atoms with van der Waals surface area (Å²) in [6, 6.07) is 1.45. The topological polar surface area (TPSA) is 59.1 Å². The molecule has 5 nitrogen and oxygen atoms in total. The van der Waals surface area contributed by atoms with Crippen molar-refractivity contribution in [1.29, 1.82) is 0 Å². The van der Waals surface area contributed by atoms with Gasteiger partial charge in [-0.15, -0.1) is 0 Å². The highest BCUT2D eigenvalue weighted by molar-refractivity contribution is 5.49. The van der Waals surface area contributed by atoms with E-state index in [9.17, 15) is 13.2 Å². The molecule has 2 rings (SSSR count). The number of halogens is 3. The van der Waals surface area contributed by atoms with E-state index >= 15 is 0 Å². The maximum Gasteiger partial charge on any atom is 0.451 e. The van der Waals surface area contributed by atoms with Crippen LogP contribution in [0, 0.1) is 0 Å². The highest BCUT2D eigenvalue weighted by Crippen LogP contribution is 2.32. The lowest BCUT2D eigenvalue weighted by Gasteiger charge is -2.29. The lowest BCUT2D eigenvalue weighted by molar-refractivity contribution is -0.144. The van der Waals surface area contributed by atoms with Crippen LogP contribution in [0.4, 0.5) is 24.8 Å². The molecule has 1 aromatic heterocycles. The third kappa shape index (κ3) is 2.95.